The standard InChI is InChI=1S/C9H6ClF2N3O2S/c1-15-8(13-14-9(15)18(10,16)17)6-3-2-5(11)4-7(6)12/h2-4H,1H3. The molecule has 0 aliphatic heterocycles. The second kappa shape index (κ2) is 4.29. The van der Waals surface area contributed by atoms with Crippen LogP contribution in [-0.4, -0.2) is 23.2 Å². The maximum Gasteiger partial charge on any atom is 0.296 e. The minimum atomic E-state index is -4.08. The molecule has 96 valence electrons. The van der Waals surface area contributed by atoms with Crippen LogP contribution in [0.4, 0.5) is 8.78 Å². The lowest BCUT2D eigenvalue weighted by atomic mass is 10.2. The van der Waals surface area contributed by atoms with Crippen LogP contribution in [0.25, 0.3) is 11.4 Å². The monoisotopic (exact) mass is 293 g/mol. The van der Waals surface area contributed by atoms with Crippen molar-refractivity contribution in [1.29, 1.82) is 0 Å². The molecular formula is C9H6ClF2N3O2S. The Morgan fingerprint density at radius 1 is 1.28 bits per heavy atom. The first-order valence-electron chi connectivity index (χ1n) is 4.60. The van der Waals surface area contributed by atoms with Gasteiger partial charge in [0.1, 0.15) is 11.6 Å². The van der Waals surface area contributed by atoms with E-state index in [1.807, 2.05) is 0 Å². The Labute approximate surface area is 105 Å². The van der Waals surface area contributed by atoms with Gasteiger partial charge in [-0.1, -0.05) is 0 Å². The summed E-state index contributed by atoms with van der Waals surface area (Å²) >= 11 is 0. The van der Waals surface area contributed by atoms with Gasteiger partial charge >= 0.3 is 0 Å². The van der Waals surface area contributed by atoms with Crippen LogP contribution in [0.2, 0.25) is 0 Å². The quantitative estimate of drug-likeness (QED) is 0.790. The van der Waals surface area contributed by atoms with Gasteiger partial charge < -0.3 is 0 Å². The van der Waals surface area contributed by atoms with Crippen molar-refractivity contribution in [3.63, 3.8) is 0 Å². The number of hydrogen-bond donors (Lipinski definition) is 0. The largest absolute Gasteiger partial charge is 0.300 e. The highest BCUT2D eigenvalue weighted by molar-refractivity contribution is 8.13. The van der Waals surface area contributed by atoms with E-state index < -0.39 is 25.8 Å². The summed E-state index contributed by atoms with van der Waals surface area (Å²) in [5, 5.41) is 6.38. The van der Waals surface area contributed by atoms with Crippen LogP contribution in [0, 0.1) is 11.6 Å². The molecule has 0 radical (unpaired) electrons. The number of halogens is 3. The van der Waals surface area contributed by atoms with Crippen LogP contribution in [0.15, 0.2) is 23.4 Å². The van der Waals surface area contributed by atoms with Crippen molar-refractivity contribution in [2.75, 3.05) is 0 Å². The summed E-state index contributed by atoms with van der Waals surface area (Å²) in [5.41, 5.74) is -0.0713. The van der Waals surface area contributed by atoms with Gasteiger partial charge in [-0.2, -0.15) is 0 Å². The van der Waals surface area contributed by atoms with Crippen molar-refractivity contribution in [3.8, 4) is 11.4 Å². The molecule has 0 unspecified atom stereocenters. The smallest absolute Gasteiger partial charge is 0.296 e. The Balaban J connectivity index is 2.63. The van der Waals surface area contributed by atoms with Crippen molar-refractivity contribution in [2.45, 2.75) is 5.16 Å². The number of rotatable bonds is 2. The van der Waals surface area contributed by atoms with E-state index in [0.717, 1.165) is 16.7 Å². The van der Waals surface area contributed by atoms with Crippen molar-refractivity contribution < 1.29 is 17.2 Å². The molecule has 0 amide bonds. The summed E-state index contributed by atoms with van der Waals surface area (Å²) in [5.74, 6) is -1.68. The summed E-state index contributed by atoms with van der Waals surface area (Å²) in [7, 11) is 2.36. The molecule has 2 aromatic rings. The third-order valence-corrected chi connectivity index (χ3v) is 3.43. The summed E-state index contributed by atoms with van der Waals surface area (Å²) in [6.45, 7) is 0. The highest BCUT2D eigenvalue weighted by Gasteiger charge is 2.22. The molecule has 0 N–H and O–H groups in total. The lowest BCUT2D eigenvalue weighted by Gasteiger charge is -2.03. The molecule has 0 atom stereocenters. The van der Waals surface area contributed by atoms with Gasteiger partial charge in [-0.05, 0) is 12.1 Å². The van der Waals surface area contributed by atoms with E-state index in [4.69, 9.17) is 10.7 Å². The number of aromatic nitrogens is 3. The Bertz CT molecular complexity index is 715. The average molecular weight is 294 g/mol. The minimum absolute atomic E-state index is 0.0632. The predicted octanol–water partition coefficient (Wildman–Crippen LogP) is 1.69. The summed E-state index contributed by atoms with van der Waals surface area (Å²) in [6, 6.07) is 2.83. The van der Waals surface area contributed by atoms with E-state index >= 15 is 0 Å². The fourth-order valence-corrected chi connectivity index (χ4v) is 2.39. The zero-order valence-corrected chi connectivity index (χ0v) is 10.5. The van der Waals surface area contributed by atoms with Crippen LogP contribution in [-0.2, 0) is 16.1 Å². The Morgan fingerprint density at radius 2 is 1.94 bits per heavy atom. The van der Waals surface area contributed by atoms with E-state index in [-0.39, 0.29) is 11.4 Å². The normalized spacial score (nSPS) is 11.8. The fraction of sp³-hybridized carbons (Fsp3) is 0.111. The Morgan fingerprint density at radius 3 is 2.44 bits per heavy atom. The van der Waals surface area contributed by atoms with Crippen molar-refractivity contribution >= 4 is 19.7 Å². The molecule has 0 aliphatic rings. The van der Waals surface area contributed by atoms with Crippen LogP contribution >= 0.6 is 10.7 Å². The van der Waals surface area contributed by atoms with Gasteiger partial charge in [0.25, 0.3) is 14.2 Å². The molecule has 18 heavy (non-hydrogen) atoms. The average Bonchev–Trinajstić information content (AvgIpc) is 2.60. The summed E-state index contributed by atoms with van der Waals surface area (Å²) < 4.78 is 49.5. The van der Waals surface area contributed by atoms with Crippen molar-refractivity contribution in [2.24, 2.45) is 7.05 Å². The number of hydrogen-bond acceptors (Lipinski definition) is 4. The molecule has 5 nitrogen and oxygen atoms in total. The summed E-state index contributed by atoms with van der Waals surface area (Å²) in [6.07, 6.45) is 0. The number of benzene rings is 1. The van der Waals surface area contributed by atoms with Gasteiger partial charge in [0.15, 0.2) is 5.82 Å². The van der Waals surface area contributed by atoms with Gasteiger partial charge in [0.05, 0.1) is 5.56 Å². The molecule has 2 rings (SSSR count). The molecule has 0 fully saturated rings. The molecule has 1 aromatic heterocycles. The second-order valence-electron chi connectivity index (χ2n) is 3.43. The fourth-order valence-electron chi connectivity index (χ4n) is 1.43. The topological polar surface area (TPSA) is 64.8 Å². The first-order valence-corrected chi connectivity index (χ1v) is 6.91. The molecule has 0 aliphatic carbocycles. The molecule has 0 spiro atoms. The van der Waals surface area contributed by atoms with E-state index in [9.17, 15) is 17.2 Å². The molecular weight excluding hydrogens is 288 g/mol. The highest BCUT2D eigenvalue weighted by Crippen LogP contribution is 2.24. The zero-order chi connectivity index (χ0) is 13.5. The molecule has 1 aromatic carbocycles. The molecule has 9 heteroatoms. The maximum atomic E-state index is 13.5. The first kappa shape index (κ1) is 12.9. The second-order valence-corrected chi connectivity index (χ2v) is 5.89. The SMILES string of the molecule is Cn1c(-c2ccc(F)cc2F)nnc1S(=O)(=O)Cl. The van der Waals surface area contributed by atoms with Gasteiger partial charge in [0, 0.05) is 23.8 Å². The number of nitrogens with zero attached hydrogens (tertiary/aromatic N) is 3. The summed E-state index contributed by atoms with van der Waals surface area (Å²) in [4.78, 5) is 0. The van der Waals surface area contributed by atoms with Crippen molar-refractivity contribution in [1.82, 2.24) is 14.8 Å². The van der Waals surface area contributed by atoms with Gasteiger partial charge in [-0.3, -0.25) is 4.57 Å². The molecule has 0 bridgehead atoms. The lowest BCUT2D eigenvalue weighted by Crippen LogP contribution is -2.03. The third-order valence-electron chi connectivity index (χ3n) is 2.23. The van der Waals surface area contributed by atoms with Gasteiger partial charge in [0.2, 0.25) is 0 Å². The Kier molecular flexibility index (Phi) is 3.07. The van der Waals surface area contributed by atoms with Crippen molar-refractivity contribution in [3.05, 3.63) is 29.8 Å². The van der Waals surface area contributed by atoms with E-state index in [1.165, 1.54) is 7.05 Å². The van der Waals surface area contributed by atoms with E-state index in [2.05, 4.69) is 10.2 Å². The first-order chi connectivity index (χ1) is 8.30. The molecule has 1 heterocycles. The molecule has 0 saturated carbocycles. The third kappa shape index (κ3) is 2.21. The van der Waals surface area contributed by atoms with Crippen LogP contribution in [0.5, 0.6) is 0 Å². The van der Waals surface area contributed by atoms with Gasteiger partial charge in [-0.25, -0.2) is 17.2 Å². The Hall–Kier alpha value is -1.54. The minimum Gasteiger partial charge on any atom is -0.300 e. The van der Waals surface area contributed by atoms with E-state index in [1.54, 1.807) is 0 Å². The highest BCUT2D eigenvalue weighted by atomic mass is 35.7. The van der Waals surface area contributed by atoms with Gasteiger partial charge in [-0.15, -0.1) is 10.2 Å². The predicted molar refractivity (Wildman–Crippen MR) is 59.4 cm³/mol. The van der Waals surface area contributed by atoms with Crippen LogP contribution in [0.1, 0.15) is 0 Å². The maximum absolute atomic E-state index is 13.5. The van der Waals surface area contributed by atoms with Crippen LogP contribution in [0.3, 0.4) is 0 Å². The molecule has 0 saturated heterocycles. The van der Waals surface area contributed by atoms with E-state index in [0.29, 0.717) is 6.07 Å². The van der Waals surface area contributed by atoms with Crippen LogP contribution < -0.4 is 0 Å². The lowest BCUT2D eigenvalue weighted by molar-refractivity contribution is 0.582. The zero-order valence-electron chi connectivity index (χ0n) is 8.93.